The molecule has 0 atom stereocenters. The van der Waals surface area contributed by atoms with Crippen molar-refractivity contribution in [2.24, 2.45) is 5.92 Å². The number of nitrogens with one attached hydrogen (secondary N) is 2. The number of amides is 1. The molecule has 2 aromatic carbocycles. The van der Waals surface area contributed by atoms with Crippen molar-refractivity contribution in [3.8, 4) is 5.75 Å². The van der Waals surface area contributed by atoms with E-state index in [0.717, 1.165) is 37.2 Å². The van der Waals surface area contributed by atoms with Crippen molar-refractivity contribution < 1.29 is 17.9 Å². The standard InChI is InChI=1S/C22H28N2O4S/c1-16-3-9-19(10-4-16)24-22(25)18-7-5-17(6-8-18)15-23-29(26,27)21-13-11-20(28-2)12-14-21/h5-8,11-14,16,19,23H,3-4,9-10,15H2,1-2H3,(H,24,25). The molecule has 7 heteroatoms. The molecule has 0 unspecified atom stereocenters. The van der Waals surface area contributed by atoms with Crippen LogP contribution in [0.2, 0.25) is 0 Å². The van der Waals surface area contributed by atoms with E-state index in [1.807, 2.05) is 0 Å². The Hall–Kier alpha value is -2.38. The van der Waals surface area contributed by atoms with Gasteiger partial charge in [0.15, 0.2) is 0 Å². The highest BCUT2D eigenvalue weighted by Crippen LogP contribution is 2.23. The van der Waals surface area contributed by atoms with E-state index in [0.29, 0.717) is 11.3 Å². The number of ether oxygens (including phenoxy) is 1. The van der Waals surface area contributed by atoms with Crippen molar-refractivity contribution in [2.75, 3.05) is 7.11 Å². The number of carbonyl (C=O) groups is 1. The highest BCUT2D eigenvalue weighted by atomic mass is 32.2. The molecule has 3 rings (SSSR count). The summed E-state index contributed by atoms with van der Waals surface area (Å²) < 4.78 is 32.4. The summed E-state index contributed by atoms with van der Waals surface area (Å²) >= 11 is 0. The van der Waals surface area contributed by atoms with Gasteiger partial charge in [-0.2, -0.15) is 0 Å². The van der Waals surface area contributed by atoms with Crippen molar-refractivity contribution in [1.29, 1.82) is 0 Å². The molecule has 0 heterocycles. The number of hydrogen-bond donors (Lipinski definition) is 2. The van der Waals surface area contributed by atoms with Crippen molar-refractivity contribution in [3.05, 3.63) is 59.7 Å². The third-order valence-electron chi connectivity index (χ3n) is 5.40. The number of carbonyl (C=O) groups excluding carboxylic acids is 1. The predicted molar refractivity (Wildman–Crippen MR) is 112 cm³/mol. The van der Waals surface area contributed by atoms with Crippen molar-refractivity contribution in [1.82, 2.24) is 10.0 Å². The van der Waals surface area contributed by atoms with E-state index in [-0.39, 0.29) is 23.4 Å². The largest absolute Gasteiger partial charge is 0.497 e. The van der Waals surface area contributed by atoms with Crippen LogP contribution in [0.5, 0.6) is 5.75 Å². The first-order chi connectivity index (χ1) is 13.9. The summed E-state index contributed by atoms with van der Waals surface area (Å²) in [5.74, 6) is 1.26. The SMILES string of the molecule is COc1ccc(S(=O)(=O)NCc2ccc(C(=O)NC3CCC(C)CC3)cc2)cc1. The van der Waals surface area contributed by atoms with Gasteiger partial charge in [-0.15, -0.1) is 0 Å². The molecule has 156 valence electrons. The zero-order chi connectivity index (χ0) is 20.9. The first kappa shape index (κ1) is 21.3. The Morgan fingerprint density at radius 2 is 1.62 bits per heavy atom. The van der Waals surface area contributed by atoms with Crippen LogP contribution in [-0.2, 0) is 16.6 Å². The minimum absolute atomic E-state index is 0.0742. The Kier molecular flexibility index (Phi) is 6.92. The molecule has 6 nitrogen and oxygen atoms in total. The smallest absolute Gasteiger partial charge is 0.251 e. The molecule has 0 aliphatic heterocycles. The van der Waals surface area contributed by atoms with Crippen LogP contribution in [0, 0.1) is 5.92 Å². The maximum Gasteiger partial charge on any atom is 0.251 e. The van der Waals surface area contributed by atoms with Gasteiger partial charge in [-0.25, -0.2) is 13.1 Å². The second-order valence-corrected chi connectivity index (χ2v) is 9.39. The van der Waals surface area contributed by atoms with E-state index in [9.17, 15) is 13.2 Å². The van der Waals surface area contributed by atoms with Gasteiger partial charge in [0.05, 0.1) is 12.0 Å². The quantitative estimate of drug-likeness (QED) is 0.724. The maximum atomic E-state index is 12.4. The van der Waals surface area contributed by atoms with Crippen LogP contribution in [0.4, 0.5) is 0 Å². The summed E-state index contributed by atoms with van der Waals surface area (Å²) in [6.45, 7) is 2.40. The molecule has 2 aromatic rings. The first-order valence-corrected chi connectivity index (χ1v) is 11.4. The third-order valence-corrected chi connectivity index (χ3v) is 6.82. The molecule has 0 radical (unpaired) electrons. The summed E-state index contributed by atoms with van der Waals surface area (Å²) in [4.78, 5) is 12.6. The van der Waals surface area contributed by atoms with Gasteiger partial charge >= 0.3 is 0 Å². The summed E-state index contributed by atoms with van der Waals surface area (Å²) in [6.07, 6.45) is 4.35. The molecule has 1 aliphatic carbocycles. The molecule has 29 heavy (non-hydrogen) atoms. The van der Waals surface area contributed by atoms with E-state index in [4.69, 9.17) is 4.74 Å². The second-order valence-electron chi connectivity index (χ2n) is 7.63. The molecule has 0 bridgehead atoms. The summed E-state index contributed by atoms with van der Waals surface area (Å²) in [6, 6.07) is 13.5. The average molecular weight is 417 g/mol. The van der Waals surface area contributed by atoms with E-state index in [2.05, 4.69) is 17.0 Å². The van der Waals surface area contributed by atoms with Gasteiger partial charge in [0.1, 0.15) is 5.75 Å². The van der Waals surface area contributed by atoms with E-state index in [1.165, 1.54) is 19.2 Å². The molecule has 0 aromatic heterocycles. The van der Waals surface area contributed by atoms with Crippen LogP contribution in [0.3, 0.4) is 0 Å². The Balaban J connectivity index is 1.55. The zero-order valence-electron chi connectivity index (χ0n) is 16.9. The Bertz CT molecular complexity index is 916. The van der Waals surface area contributed by atoms with Gasteiger partial charge in [0, 0.05) is 18.2 Å². The monoisotopic (exact) mass is 416 g/mol. The van der Waals surface area contributed by atoms with Crippen LogP contribution in [0.15, 0.2) is 53.4 Å². The molecule has 1 amide bonds. The summed E-state index contributed by atoms with van der Waals surface area (Å²) in [5.41, 5.74) is 1.37. The Morgan fingerprint density at radius 1 is 1.00 bits per heavy atom. The number of rotatable bonds is 7. The molecule has 0 spiro atoms. The van der Waals surface area contributed by atoms with Gasteiger partial charge in [-0.3, -0.25) is 4.79 Å². The van der Waals surface area contributed by atoms with E-state index >= 15 is 0 Å². The molecular weight excluding hydrogens is 388 g/mol. The summed E-state index contributed by atoms with van der Waals surface area (Å²) in [5, 5.41) is 3.10. The molecule has 1 aliphatic rings. The maximum absolute atomic E-state index is 12.4. The Labute approximate surface area is 172 Å². The van der Waals surface area contributed by atoms with Crippen molar-refractivity contribution >= 4 is 15.9 Å². The number of benzene rings is 2. The van der Waals surface area contributed by atoms with Gasteiger partial charge in [-0.1, -0.05) is 19.1 Å². The minimum Gasteiger partial charge on any atom is -0.497 e. The lowest BCUT2D eigenvalue weighted by molar-refractivity contribution is 0.0923. The lowest BCUT2D eigenvalue weighted by atomic mass is 9.87. The molecule has 1 saturated carbocycles. The third kappa shape index (κ3) is 5.81. The highest BCUT2D eigenvalue weighted by Gasteiger charge is 2.20. The lowest BCUT2D eigenvalue weighted by Crippen LogP contribution is -2.37. The van der Waals surface area contributed by atoms with Crippen molar-refractivity contribution in [2.45, 2.75) is 50.1 Å². The second kappa shape index (κ2) is 9.41. The van der Waals surface area contributed by atoms with Crippen LogP contribution in [-0.4, -0.2) is 27.5 Å². The number of methoxy groups -OCH3 is 1. The summed E-state index contributed by atoms with van der Waals surface area (Å²) in [7, 11) is -2.09. The van der Waals surface area contributed by atoms with Crippen LogP contribution in [0.1, 0.15) is 48.5 Å². The molecule has 2 N–H and O–H groups in total. The van der Waals surface area contributed by atoms with E-state index < -0.39 is 10.0 Å². The topological polar surface area (TPSA) is 84.5 Å². The fraction of sp³-hybridized carbons (Fsp3) is 0.409. The first-order valence-electron chi connectivity index (χ1n) is 9.91. The predicted octanol–water partition coefficient (Wildman–Crippen LogP) is 3.48. The van der Waals surface area contributed by atoms with Gasteiger partial charge < -0.3 is 10.1 Å². The highest BCUT2D eigenvalue weighted by molar-refractivity contribution is 7.89. The van der Waals surface area contributed by atoms with Gasteiger partial charge in [0.2, 0.25) is 10.0 Å². The number of hydrogen-bond acceptors (Lipinski definition) is 4. The lowest BCUT2D eigenvalue weighted by Gasteiger charge is -2.26. The van der Waals surface area contributed by atoms with Crippen LogP contribution in [0.25, 0.3) is 0 Å². The van der Waals surface area contributed by atoms with E-state index in [1.54, 1.807) is 36.4 Å². The van der Waals surface area contributed by atoms with Gasteiger partial charge in [0.25, 0.3) is 5.91 Å². The van der Waals surface area contributed by atoms with Crippen LogP contribution >= 0.6 is 0 Å². The molecule has 0 saturated heterocycles. The minimum atomic E-state index is -3.62. The van der Waals surface area contributed by atoms with Crippen molar-refractivity contribution in [3.63, 3.8) is 0 Å². The Morgan fingerprint density at radius 3 is 2.21 bits per heavy atom. The fourth-order valence-corrected chi connectivity index (χ4v) is 4.48. The molecular formula is C22H28N2O4S. The average Bonchev–Trinajstić information content (AvgIpc) is 2.74. The zero-order valence-corrected chi connectivity index (χ0v) is 17.7. The number of sulfonamides is 1. The molecule has 1 fully saturated rings. The van der Waals surface area contributed by atoms with Crippen LogP contribution < -0.4 is 14.8 Å². The normalized spacial score (nSPS) is 19.5. The fourth-order valence-electron chi connectivity index (χ4n) is 3.46. The van der Waals surface area contributed by atoms with Gasteiger partial charge in [-0.05, 0) is 73.6 Å².